The van der Waals surface area contributed by atoms with E-state index in [1.54, 1.807) is 34.9 Å². The highest BCUT2D eigenvalue weighted by molar-refractivity contribution is 5.95. The van der Waals surface area contributed by atoms with Gasteiger partial charge in [0.25, 0.3) is 5.91 Å². The Morgan fingerprint density at radius 2 is 1.97 bits per heavy atom. The summed E-state index contributed by atoms with van der Waals surface area (Å²) in [6.07, 6.45) is -4.65. The lowest BCUT2D eigenvalue weighted by atomic mass is 10.1. The van der Waals surface area contributed by atoms with Crippen LogP contribution in [-0.2, 0) is 6.18 Å². The number of fused-ring (bicyclic) bond motifs is 1. The molecule has 29 heavy (non-hydrogen) atoms. The number of alkyl halides is 3. The number of rotatable bonds is 4. The van der Waals surface area contributed by atoms with E-state index in [0.717, 1.165) is 12.1 Å². The maximum atomic E-state index is 13.4. The van der Waals surface area contributed by atoms with Crippen LogP contribution in [0.2, 0.25) is 0 Å². The van der Waals surface area contributed by atoms with Crippen molar-refractivity contribution in [3.63, 3.8) is 0 Å². The van der Waals surface area contributed by atoms with Gasteiger partial charge in [0.15, 0.2) is 0 Å². The summed E-state index contributed by atoms with van der Waals surface area (Å²) in [6, 6.07) is 10.1. The summed E-state index contributed by atoms with van der Waals surface area (Å²) in [5.74, 6) is 0.0479. The predicted octanol–water partition coefficient (Wildman–Crippen LogP) is 4.61. The molecule has 0 atom stereocenters. The van der Waals surface area contributed by atoms with Gasteiger partial charge in [0, 0.05) is 24.3 Å². The van der Waals surface area contributed by atoms with E-state index < -0.39 is 17.3 Å². The summed E-state index contributed by atoms with van der Waals surface area (Å²) >= 11 is 0. The van der Waals surface area contributed by atoms with Gasteiger partial charge in [-0.15, -0.1) is 0 Å². The van der Waals surface area contributed by atoms with E-state index in [1.165, 1.54) is 7.05 Å². The number of hydrogen-bond acceptors (Lipinski definition) is 4. The van der Waals surface area contributed by atoms with E-state index in [2.05, 4.69) is 15.6 Å². The molecule has 1 amide bonds. The molecule has 6 nitrogen and oxygen atoms in total. The number of amides is 1. The van der Waals surface area contributed by atoms with Crippen LogP contribution in [0.4, 0.5) is 24.8 Å². The van der Waals surface area contributed by atoms with Gasteiger partial charge in [0.1, 0.15) is 0 Å². The van der Waals surface area contributed by atoms with Crippen molar-refractivity contribution in [1.29, 1.82) is 5.26 Å². The number of carbonyl (C=O) groups is 1. The number of anilines is 2. The SMILES string of the molecule is CNC(=O)c1cccc(Nc2nc3cc(C#N)c(C(F)(F)F)cc3n2C(C)C)c1. The van der Waals surface area contributed by atoms with Crippen molar-refractivity contribution in [2.45, 2.75) is 26.1 Å². The van der Waals surface area contributed by atoms with Crippen LogP contribution in [0.15, 0.2) is 36.4 Å². The van der Waals surface area contributed by atoms with Crippen LogP contribution in [0.3, 0.4) is 0 Å². The first-order valence-corrected chi connectivity index (χ1v) is 8.78. The van der Waals surface area contributed by atoms with E-state index in [1.807, 2.05) is 13.8 Å². The first-order chi connectivity index (χ1) is 13.7. The van der Waals surface area contributed by atoms with Crippen LogP contribution < -0.4 is 10.6 Å². The van der Waals surface area contributed by atoms with Gasteiger partial charge in [0.05, 0.1) is 28.2 Å². The highest BCUT2D eigenvalue weighted by Gasteiger charge is 2.35. The lowest BCUT2D eigenvalue weighted by molar-refractivity contribution is -0.137. The number of carbonyl (C=O) groups excluding carboxylic acids is 1. The lowest BCUT2D eigenvalue weighted by Gasteiger charge is -2.15. The fourth-order valence-corrected chi connectivity index (χ4v) is 3.09. The van der Waals surface area contributed by atoms with Crippen LogP contribution in [0.1, 0.15) is 41.4 Å². The van der Waals surface area contributed by atoms with Crippen molar-refractivity contribution in [3.05, 3.63) is 53.1 Å². The molecule has 1 aromatic heterocycles. The third kappa shape index (κ3) is 3.87. The van der Waals surface area contributed by atoms with Crippen molar-refractivity contribution >= 4 is 28.6 Å². The molecule has 0 saturated carbocycles. The largest absolute Gasteiger partial charge is 0.417 e. The maximum Gasteiger partial charge on any atom is 0.417 e. The summed E-state index contributed by atoms with van der Waals surface area (Å²) in [4.78, 5) is 16.2. The molecule has 0 fully saturated rings. The average Bonchev–Trinajstić information content (AvgIpc) is 3.02. The van der Waals surface area contributed by atoms with Gasteiger partial charge in [-0.3, -0.25) is 4.79 Å². The monoisotopic (exact) mass is 401 g/mol. The molecule has 0 saturated heterocycles. The Bertz CT molecular complexity index is 1130. The molecule has 2 aromatic carbocycles. The fraction of sp³-hybridized carbons (Fsp3) is 0.250. The second-order valence-corrected chi connectivity index (χ2v) is 6.68. The van der Waals surface area contributed by atoms with E-state index in [4.69, 9.17) is 5.26 Å². The number of benzene rings is 2. The zero-order valence-electron chi connectivity index (χ0n) is 15.9. The molecule has 2 N–H and O–H groups in total. The van der Waals surface area contributed by atoms with Crippen LogP contribution in [-0.4, -0.2) is 22.5 Å². The molecule has 1 heterocycles. The minimum atomic E-state index is -4.65. The summed E-state index contributed by atoms with van der Waals surface area (Å²) in [5, 5.41) is 14.7. The van der Waals surface area contributed by atoms with Crippen LogP contribution >= 0.6 is 0 Å². The first-order valence-electron chi connectivity index (χ1n) is 8.78. The number of hydrogen-bond donors (Lipinski definition) is 2. The number of nitrogens with zero attached hydrogens (tertiary/aromatic N) is 3. The third-order valence-corrected chi connectivity index (χ3v) is 4.38. The summed E-state index contributed by atoms with van der Waals surface area (Å²) in [6.45, 7) is 3.64. The van der Waals surface area contributed by atoms with Crippen LogP contribution in [0.5, 0.6) is 0 Å². The van der Waals surface area contributed by atoms with Crippen LogP contribution in [0.25, 0.3) is 11.0 Å². The van der Waals surface area contributed by atoms with Gasteiger partial charge >= 0.3 is 6.18 Å². The van der Waals surface area contributed by atoms with Crippen molar-refractivity contribution in [1.82, 2.24) is 14.9 Å². The van der Waals surface area contributed by atoms with Gasteiger partial charge in [-0.25, -0.2) is 4.98 Å². The van der Waals surface area contributed by atoms with Gasteiger partial charge < -0.3 is 15.2 Å². The molecule has 9 heteroatoms. The van der Waals surface area contributed by atoms with Crippen molar-refractivity contribution < 1.29 is 18.0 Å². The van der Waals surface area contributed by atoms with Crippen molar-refractivity contribution in [3.8, 4) is 6.07 Å². The third-order valence-electron chi connectivity index (χ3n) is 4.38. The standard InChI is InChI=1S/C20H18F3N5O/c1-11(2)28-17-9-15(20(21,22)23)13(10-24)8-16(17)27-19(28)26-14-6-4-5-12(7-14)18(29)25-3/h4-9,11H,1-3H3,(H,25,29)(H,26,27). The van der Waals surface area contributed by atoms with Crippen LogP contribution in [0, 0.1) is 11.3 Å². The highest BCUT2D eigenvalue weighted by atomic mass is 19.4. The zero-order chi connectivity index (χ0) is 21.3. The minimum Gasteiger partial charge on any atom is -0.355 e. The molecule has 0 aliphatic rings. The Labute approximate surface area is 165 Å². The Kier molecular flexibility index (Phi) is 5.20. The van der Waals surface area contributed by atoms with Crippen molar-refractivity contribution in [2.75, 3.05) is 12.4 Å². The molecule has 0 aliphatic heterocycles. The number of halogens is 3. The van der Waals surface area contributed by atoms with E-state index in [9.17, 15) is 18.0 Å². The van der Waals surface area contributed by atoms with E-state index in [-0.39, 0.29) is 23.0 Å². The molecule has 0 spiro atoms. The summed E-state index contributed by atoms with van der Waals surface area (Å²) in [5.41, 5.74) is 0.0363. The number of imidazole rings is 1. The topological polar surface area (TPSA) is 82.7 Å². The molecule has 0 bridgehead atoms. The molecule has 0 unspecified atom stereocenters. The molecular formula is C20H18F3N5O. The second-order valence-electron chi connectivity index (χ2n) is 6.68. The molecule has 3 rings (SSSR count). The van der Waals surface area contributed by atoms with E-state index in [0.29, 0.717) is 17.2 Å². The quantitative estimate of drug-likeness (QED) is 0.669. The van der Waals surface area contributed by atoms with Gasteiger partial charge in [-0.2, -0.15) is 18.4 Å². The lowest BCUT2D eigenvalue weighted by Crippen LogP contribution is -2.17. The average molecular weight is 401 g/mol. The minimum absolute atomic E-state index is 0.210. The number of nitrogens with one attached hydrogen (secondary N) is 2. The van der Waals surface area contributed by atoms with Gasteiger partial charge in [-0.05, 0) is 44.2 Å². The summed E-state index contributed by atoms with van der Waals surface area (Å²) in [7, 11) is 1.52. The fourth-order valence-electron chi connectivity index (χ4n) is 3.09. The Morgan fingerprint density at radius 3 is 2.55 bits per heavy atom. The Hall–Kier alpha value is -3.54. The Morgan fingerprint density at radius 1 is 1.24 bits per heavy atom. The zero-order valence-corrected chi connectivity index (χ0v) is 15.9. The molecular weight excluding hydrogens is 383 g/mol. The molecule has 3 aromatic rings. The highest BCUT2D eigenvalue weighted by Crippen LogP contribution is 2.36. The first kappa shape index (κ1) is 20.2. The second kappa shape index (κ2) is 7.47. The molecule has 0 aliphatic carbocycles. The van der Waals surface area contributed by atoms with Gasteiger partial charge in [0.2, 0.25) is 5.95 Å². The smallest absolute Gasteiger partial charge is 0.355 e. The number of nitriles is 1. The van der Waals surface area contributed by atoms with Gasteiger partial charge in [-0.1, -0.05) is 6.07 Å². The molecule has 0 radical (unpaired) electrons. The van der Waals surface area contributed by atoms with E-state index >= 15 is 0 Å². The predicted molar refractivity (Wildman–Crippen MR) is 103 cm³/mol. The number of aromatic nitrogens is 2. The summed E-state index contributed by atoms with van der Waals surface area (Å²) < 4.78 is 41.7. The molecule has 150 valence electrons. The Balaban J connectivity index is 2.15. The normalized spacial score (nSPS) is 11.5. The maximum absolute atomic E-state index is 13.4. The van der Waals surface area contributed by atoms with Crippen molar-refractivity contribution in [2.24, 2.45) is 0 Å².